The number of hydrogen-bond acceptors (Lipinski definition) is 4. The molecule has 0 fully saturated rings. The van der Waals surface area contributed by atoms with Gasteiger partial charge in [0.15, 0.2) is 0 Å². The van der Waals surface area contributed by atoms with Crippen molar-refractivity contribution in [2.45, 2.75) is 77.6 Å². The third-order valence-corrected chi connectivity index (χ3v) is 4.36. The number of aryl methyl sites for hydroxylation is 1. The summed E-state index contributed by atoms with van der Waals surface area (Å²) < 4.78 is 0. The highest BCUT2D eigenvalue weighted by Crippen LogP contribution is 2.13. The van der Waals surface area contributed by atoms with Crippen LogP contribution in [-0.2, 0) is 6.42 Å². The first kappa shape index (κ1) is 20.2. The molecule has 0 spiro atoms. The average Bonchev–Trinajstić information content (AvgIpc) is 2.62. The van der Waals surface area contributed by atoms with Crippen LogP contribution in [0.3, 0.4) is 0 Å². The third-order valence-electron chi connectivity index (χ3n) is 4.36. The Labute approximate surface area is 146 Å². The molecule has 0 bridgehead atoms. The van der Waals surface area contributed by atoms with Crippen LogP contribution in [0, 0.1) is 0 Å². The summed E-state index contributed by atoms with van der Waals surface area (Å²) in [5.41, 5.74) is 2.28. The van der Waals surface area contributed by atoms with Crippen LogP contribution in [0.2, 0.25) is 0 Å². The fraction of sp³-hybridized carbons (Fsp3) is 0.600. The average molecular weight is 332 g/mol. The van der Waals surface area contributed by atoms with Crippen molar-refractivity contribution in [3.05, 3.63) is 35.4 Å². The van der Waals surface area contributed by atoms with Gasteiger partial charge in [-0.1, -0.05) is 99.3 Å². The van der Waals surface area contributed by atoms with E-state index in [0.717, 1.165) is 18.2 Å². The van der Waals surface area contributed by atoms with E-state index in [2.05, 4.69) is 17.2 Å². The Balaban J connectivity index is 2.13. The molecule has 0 heterocycles. The molecule has 1 aromatic carbocycles. The van der Waals surface area contributed by atoms with Crippen LogP contribution in [0.15, 0.2) is 34.6 Å². The van der Waals surface area contributed by atoms with Crippen molar-refractivity contribution in [2.75, 3.05) is 0 Å². The Kier molecular flexibility index (Phi) is 11.4. The van der Waals surface area contributed by atoms with Gasteiger partial charge in [-0.2, -0.15) is 0 Å². The van der Waals surface area contributed by atoms with Gasteiger partial charge in [-0.3, -0.25) is 0 Å². The number of hydrogen-bond donors (Lipinski definition) is 2. The second-order valence-corrected chi connectivity index (χ2v) is 6.36. The summed E-state index contributed by atoms with van der Waals surface area (Å²) in [4.78, 5) is 0. The van der Waals surface area contributed by atoms with E-state index in [-0.39, 0.29) is 5.71 Å². The standard InChI is InChI=1S/C20H32N2O2/c1-2-3-4-5-6-7-8-9-10-11-12-18-13-15-19(16-14-18)20(22-24)17-21-23/h13-17,23-24H,2-12H2,1H3/b21-17-,22-20+. The summed E-state index contributed by atoms with van der Waals surface area (Å²) in [7, 11) is 0. The minimum absolute atomic E-state index is 0.253. The Morgan fingerprint density at radius 2 is 1.38 bits per heavy atom. The first-order chi connectivity index (χ1) is 11.8. The zero-order chi connectivity index (χ0) is 17.5. The van der Waals surface area contributed by atoms with Crippen LogP contribution in [0.1, 0.15) is 82.3 Å². The molecule has 1 aromatic rings. The Hall–Kier alpha value is -1.84. The van der Waals surface area contributed by atoms with Crippen molar-refractivity contribution in [1.82, 2.24) is 0 Å². The maximum Gasteiger partial charge on any atom is 0.131 e. The molecule has 0 unspecified atom stereocenters. The molecule has 134 valence electrons. The van der Waals surface area contributed by atoms with E-state index in [9.17, 15) is 0 Å². The molecule has 0 aliphatic heterocycles. The van der Waals surface area contributed by atoms with Gasteiger partial charge in [-0.25, -0.2) is 0 Å². The highest BCUT2D eigenvalue weighted by atomic mass is 16.4. The molecule has 0 atom stereocenters. The van der Waals surface area contributed by atoms with Crippen molar-refractivity contribution >= 4 is 11.9 Å². The second-order valence-electron chi connectivity index (χ2n) is 6.36. The normalized spacial score (nSPS) is 12.1. The molecule has 0 aromatic heterocycles. The van der Waals surface area contributed by atoms with E-state index >= 15 is 0 Å². The monoisotopic (exact) mass is 332 g/mol. The lowest BCUT2D eigenvalue weighted by atomic mass is 10.0. The van der Waals surface area contributed by atoms with Crippen LogP contribution in [0.5, 0.6) is 0 Å². The summed E-state index contributed by atoms with van der Waals surface area (Å²) in [6.07, 6.45) is 15.7. The summed E-state index contributed by atoms with van der Waals surface area (Å²) in [6, 6.07) is 7.86. The van der Waals surface area contributed by atoms with Gasteiger partial charge in [0.05, 0.1) is 6.21 Å². The third kappa shape index (κ3) is 8.70. The van der Waals surface area contributed by atoms with E-state index < -0.39 is 0 Å². The van der Waals surface area contributed by atoms with Gasteiger partial charge in [0.25, 0.3) is 0 Å². The van der Waals surface area contributed by atoms with Crippen molar-refractivity contribution in [3.8, 4) is 0 Å². The fourth-order valence-corrected chi connectivity index (χ4v) is 2.87. The minimum atomic E-state index is 0.253. The number of benzene rings is 1. The number of rotatable bonds is 13. The smallest absolute Gasteiger partial charge is 0.131 e. The van der Waals surface area contributed by atoms with Crippen LogP contribution in [0.4, 0.5) is 0 Å². The van der Waals surface area contributed by atoms with Gasteiger partial charge in [0.1, 0.15) is 5.71 Å². The molecule has 1 rings (SSSR count). The van der Waals surface area contributed by atoms with Gasteiger partial charge in [-0.05, 0) is 18.4 Å². The molecule has 0 saturated carbocycles. The molecule has 2 N–H and O–H groups in total. The summed E-state index contributed by atoms with van der Waals surface area (Å²) in [6.45, 7) is 2.26. The Bertz CT molecular complexity index is 481. The van der Waals surface area contributed by atoms with Gasteiger partial charge in [0.2, 0.25) is 0 Å². The number of oxime groups is 2. The second kappa shape index (κ2) is 13.6. The lowest BCUT2D eigenvalue weighted by molar-refractivity contribution is 0.316. The zero-order valence-corrected chi connectivity index (χ0v) is 15.0. The van der Waals surface area contributed by atoms with Gasteiger partial charge < -0.3 is 10.4 Å². The summed E-state index contributed by atoms with van der Waals surface area (Å²) >= 11 is 0. The predicted molar refractivity (Wildman–Crippen MR) is 101 cm³/mol. The van der Waals surface area contributed by atoms with E-state index in [1.165, 1.54) is 69.8 Å². The Morgan fingerprint density at radius 3 is 1.88 bits per heavy atom. The van der Waals surface area contributed by atoms with Gasteiger partial charge >= 0.3 is 0 Å². The molecular weight excluding hydrogens is 300 g/mol. The Morgan fingerprint density at radius 1 is 0.833 bits per heavy atom. The number of nitrogens with zero attached hydrogens (tertiary/aromatic N) is 2. The quantitative estimate of drug-likeness (QED) is 0.208. The zero-order valence-electron chi connectivity index (χ0n) is 15.0. The molecule has 0 amide bonds. The predicted octanol–water partition coefficient (Wildman–Crippen LogP) is 5.79. The largest absolute Gasteiger partial charge is 0.411 e. The highest BCUT2D eigenvalue weighted by Gasteiger charge is 2.02. The van der Waals surface area contributed by atoms with Crippen molar-refractivity contribution < 1.29 is 10.4 Å². The first-order valence-electron chi connectivity index (χ1n) is 9.30. The SMILES string of the molecule is CCCCCCCCCCCCc1ccc(C(/C=N\O)=N/O)cc1. The van der Waals surface area contributed by atoms with Crippen molar-refractivity contribution in [1.29, 1.82) is 0 Å². The fourth-order valence-electron chi connectivity index (χ4n) is 2.87. The maximum absolute atomic E-state index is 8.87. The van der Waals surface area contributed by atoms with E-state index in [1.807, 2.05) is 24.3 Å². The van der Waals surface area contributed by atoms with Crippen LogP contribution >= 0.6 is 0 Å². The van der Waals surface area contributed by atoms with E-state index in [1.54, 1.807) is 0 Å². The minimum Gasteiger partial charge on any atom is -0.411 e. The lowest BCUT2D eigenvalue weighted by Gasteiger charge is -2.04. The molecule has 24 heavy (non-hydrogen) atoms. The van der Waals surface area contributed by atoms with Crippen molar-refractivity contribution in [3.63, 3.8) is 0 Å². The molecule has 0 radical (unpaired) electrons. The molecule has 0 saturated heterocycles. The molecule has 4 heteroatoms. The van der Waals surface area contributed by atoms with Crippen LogP contribution in [-0.4, -0.2) is 22.3 Å². The molecule has 4 nitrogen and oxygen atoms in total. The molecule has 0 aliphatic rings. The van der Waals surface area contributed by atoms with Crippen LogP contribution < -0.4 is 0 Å². The van der Waals surface area contributed by atoms with Crippen LogP contribution in [0.25, 0.3) is 0 Å². The summed E-state index contributed by atoms with van der Waals surface area (Å²) in [5.74, 6) is 0. The molecule has 0 aliphatic carbocycles. The van der Waals surface area contributed by atoms with Crippen molar-refractivity contribution in [2.24, 2.45) is 10.3 Å². The lowest BCUT2D eigenvalue weighted by Crippen LogP contribution is -2.02. The van der Waals surface area contributed by atoms with E-state index in [4.69, 9.17) is 10.4 Å². The van der Waals surface area contributed by atoms with Gasteiger partial charge in [-0.15, -0.1) is 0 Å². The maximum atomic E-state index is 8.87. The molecular formula is C20H32N2O2. The topological polar surface area (TPSA) is 65.2 Å². The van der Waals surface area contributed by atoms with Gasteiger partial charge in [0, 0.05) is 5.56 Å². The number of unbranched alkanes of at least 4 members (excludes halogenated alkanes) is 9. The van der Waals surface area contributed by atoms with E-state index in [0.29, 0.717) is 0 Å². The summed E-state index contributed by atoms with van der Waals surface area (Å²) in [5, 5.41) is 23.4. The first-order valence-corrected chi connectivity index (χ1v) is 9.30. The highest BCUT2D eigenvalue weighted by molar-refractivity contribution is 6.37.